The Morgan fingerprint density at radius 1 is 1.13 bits per heavy atom. The number of methoxy groups -OCH3 is 1. The van der Waals surface area contributed by atoms with E-state index in [0.29, 0.717) is 32.5 Å². The first-order valence-corrected chi connectivity index (χ1v) is 11.4. The van der Waals surface area contributed by atoms with Gasteiger partial charge in [-0.2, -0.15) is 0 Å². The molecule has 1 saturated carbocycles. The van der Waals surface area contributed by atoms with E-state index in [0.717, 1.165) is 24.8 Å². The van der Waals surface area contributed by atoms with Crippen LogP contribution in [0, 0.1) is 11.8 Å². The van der Waals surface area contributed by atoms with Crippen molar-refractivity contribution in [3.63, 3.8) is 0 Å². The third-order valence-electron chi connectivity index (χ3n) is 7.30. The summed E-state index contributed by atoms with van der Waals surface area (Å²) in [4.78, 5) is 43.0. The van der Waals surface area contributed by atoms with E-state index in [-0.39, 0.29) is 24.3 Å². The average molecular weight is 429 g/mol. The maximum Gasteiger partial charge on any atom is 0.314 e. The number of nitrogens with zero attached hydrogens (tertiary/aromatic N) is 2. The predicted octanol–water partition coefficient (Wildman–Crippen LogP) is 2.38. The van der Waals surface area contributed by atoms with Gasteiger partial charge in [0.15, 0.2) is 6.10 Å². The summed E-state index contributed by atoms with van der Waals surface area (Å²) in [5.41, 5.74) is 0.290. The summed E-state index contributed by atoms with van der Waals surface area (Å²) in [6, 6.07) is 9.79. The molecule has 2 atom stereocenters. The quantitative estimate of drug-likeness (QED) is 0.651. The number of likely N-dealkylation sites (tertiary alicyclic amines) is 2. The van der Waals surface area contributed by atoms with Gasteiger partial charge >= 0.3 is 5.97 Å². The maximum atomic E-state index is 13.4. The van der Waals surface area contributed by atoms with Gasteiger partial charge in [-0.25, -0.2) is 0 Å². The van der Waals surface area contributed by atoms with Gasteiger partial charge in [-0.3, -0.25) is 14.4 Å². The standard InChI is InChI=1S/C24H32N2O5/c1-3-31-23(29)19-20(30-2)22(28)26(16-17-8-5-4-6-9-17)24(19)12-14-25(15-13-24)21(27)18-10-7-11-18/h4-6,8-9,18-20H,3,7,10-16H2,1-2H3/t19-,20+/m0/s1. The van der Waals surface area contributed by atoms with Gasteiger partial charge in [0.05, 0.1) is 12.1 Å². The Morgan fingerprint density at radius 3 is 2.35 bits per heavy atom. The van der Waals surface area contributed by atoms with E-state index in [1.165, 1.54) is 7.11 Å². The van der Waals surface area contributed by atoms with Gasteiger partial charge in [-0.15, -0.1) is 0 Å². The molecule has 0 N–H and O–H groups in total. The number of hydrogen-bond donors (Lipinski definition) is 0. The molecule has 2 amide bonds. The minimum absolute atomic E-state index is 0.146. The zero-order valence-corrected chi connectivity index (χ0v) is 18.4. The Kier molecular flexibility index (Phi) is 6.32. The monoisotopic (exact) mass is 428 g/mol. The Bertz CT molecular complexity index is 815. The summed E-state index contributed by atoms with van der Waals surface area (Å²) >= 11 is 0. The van der Waals surface area contributed by atoms with Crippen LogP contribution in [0.25, 0.3) is 0 Å². The van der Waals surface area contributed by atoms with Crippen molar-refractivity contribution in [3.05, 3.63) is 35.9 Å². The molecule has 31 heavy (non-hydrogen) atoms. The second-order valence-electron chi connectivity index (χ2n) is 8.85. The molecule has 2 aliphatic heterocycles. The SMILES string of the molecule is CCOC(=O)[C@@H]1[C@@H](OC)C(=O)N(Cc2ccccc2)C12CCN(C(=O)C1CCC1)CC2. The predicted molar refractivity (Wildman–Crippen MR) is 114 cm³/mol. The lowest BCUT2D eigenvalue weighted by Gasteiger charge is -2.47. The van der Waals surface area contributed by atoms with Crippen molar-refractivity contribution in [2.45, 2.75) is 57.2 Å². The minimum atomic E-state index is -0.864. The number of benzene rings is 1. The number of esters is 1. The van der Waals surface area contributed by atoms with E-state index in [1.807, 2.05) is 40.1 Å². The first-order chi connectivity index (χ1) is 15.0. The third kappa shape index (κ3) is 3.84. The largest absolute Gasteiger partial charge is 0.466 e. The summed E-state index contributed by atoms with van der Waals surface area (Å²) in [6.07, 6.45) is 3.29. The van der Waals surface area contributed by atoms with Crippen molar-refractivity contribution < 1.29 is 23.9 Å². The second-order valence-corrected chi connectivity index (χ2v) is 8.85. The number of carbonyl (C=O) groups is 3. The number of amides is 2. The second kappa shape index (κ2) is 8.99. The van der Waals surface area contributed by atoms with Gasteiger partial charge < -0.3 is 19.3 Å². The molecule has 0 bridgehead atoms. The van der Waals surface area contributed by atoms with Crippen LogP contribution in [0.3, 0.4) is 0 Å². The number of piperidine rings is 1. The van der Waals surface area contributed by atoms with Gasteiger partial charge in [0.25, 0.3) is 5.91 Å². The summed E-state index contributed by atoms with van der Waals surface area (Å²) in [5, 5.41) is 0. The molecule has 168 valence electrons. The summed E-state index contributed by atoms with van der Waals surface area (Å²) in [6.45, 7) is 3.51. The molecule has 0 unspecified atom stereocenters. The van der Waals surface area contributed by atoms with Crippen LogP contribution in [0.1, 0.15) is 44.6 Å². The first-order valence-electron chi connectivity index (χ1n) is 11.4. The Morgan fingerprint density at radius 2 is 1.81 bits per heavy atom. The number of hydrogen-bond acceptors (Lipinski definition) is 5. The molecular formula is C24H32N2O5. The van der Waals surface area contributed by atoms with Crippen LogP contribution >= 0.6 is 0 Å². The van der Waals surface area contributed by atoms with E-state index in [1.54, 1.807) is 6.92 Å². The van der Waals surface area contributed by atoms with Crippen molar-refractivity contribution in [3.8, 4) is 0 Å². The lowest BCUT2D eigenvalue weighted by Crippen LogP contribution is -2.59. The molecule has 2 heterocycles. The lowest BCUT2D eigenvalue weighted by molar-refractivity contribution is -0.158. The van der Waals surface area contributed by atoms with Crippen LogP contribution in [-0.2, 0) is 30.4 Å². The maximum absolute atomic E-state index is 13.4. The fourth-order valence-corrected chi connectivity index (χ4v) is 5.39. The molecule has 1 spiro atoms. The average Bonchev–Trinajstić information content (AvgIpc) is 2.96. The zero-order valence-electron chi connectivity index (χ0n) is 18.4. The van der Waals surface area contributed by atoms with Crippen molar-refractivity contribution in [1.82, 2.24) is 9.80 Å². The van der Waals surface area contributed by atoms with Crippen LogP contribution in [0.15, 0.2) is 30.3 Å². The minimum Gasteiger partial charge on any atom is -0.466 e. The van der Waals surface area contributed by atoms with Crippen LogP contribution in [-0.4, -0.2) is 66.0 Å². The Labute approximate surface area is 183 Å². The highest BCUT2D eigenvalue weighted by Gasteiger charge is 2.63. The molecule has 7 heteroatoms. The Hall–Kier alpha value is -2.41. The molecule has 0 radical (unpaired) electrons. The molecule has 2 saturated heterocycles. The van der Waals surface area contributed by atoms with Crippen molar-refractivity contribution in [2.75, 3.05) is 26.8 Å². The fraction of sp³-hybridized carbons (Fsp3) is 0.625. The molecule has 0 aromatic heterocycles. The Balaban J connectivity index is 1.63. The normalized spacial score (nSPS) is 25.5. The van der Waals surface area contributed by atoms with Crippen LogP contribution in [0.4, 0.5) is 0 Å². The molecule has 1 aromatic rings. The molecule has 1 aromatic carbocycles. The van der Waals surface area contributed by atoms with Crippen LogP contribution in [0.5, 0.6) is 0 Å². The number of ether oxygens (including phenoxy) is 2. The van der Waals surface area contributed by atoms with E-state index in [4.69, 9.17) is 9.47 Å². The summed E-state index contributed by atoms with van der Waals surface area (Å²) in [7, 11) is 1.48. The van der Waals surface area contributed by atoms with Gasteiger partial charge in [0.2, 0.25) is 5.91 Å². The zero-order chi connectivity index (χ0) is 22.0. The fourth-order valence-electron chi connectivity index (χ4n) is 5.39. The van der Waals surface area contributed by atoms with E-state index in [2.05, 4.69) is 0 Å². The van der Waals surface area contributed by atoms with Gasteiger partial charge in [0.1, 0.15) is 5.92 Å². The number of rotatable bonds is 6. The highest BCUT2D eigenvalue weighted by atomic mass is 16.5. The topological polar surface area (TPSA) is 76.2 Å². The van der Waals surface area contributed by atoms with Gasteiger partial charge in [-0.1, -0.05) is 36.8 Å². The molecule has 4 rings (SSSR count). The van der Waals surface area contributed by atoms with Crippen LogP contribution < -0.4 is 0 Å². The highest BCUT2D eigenvalue weighted by molar-refractivity contribution is 5.93. The van der Waals surface area contributed by atoms with Crippen molar-refractivity contribution in [1.29, 1.82) is 0 Å². The number of carbonyl (C=O) groups excluding carboxylic acids is 3. The van der Waals surface area contributed by atoms with Crippen molar-refractivity contribution >= 4 is 17.8 Å². The van der Waals surface area contributed by atoms with E-state index < -0.39 is 23.5 Å². The lowest BCUT2D eigenvalue weighted by atomic mass is 9.75. The van der Waals surface area contributed by atoms with E-state index in [9.17, 15) is 14.4 Å². The third-order valence-corrected chi connectivity index (χ3v) is 7.30. The summed E-state index contributed by atoms with van der Waals surface area (Å²) < 4.78 is 11.0. The molecule has 7 nitrogen and oxygen atoms in total. The molecular weight excluding hydrogens is 396 g/mol. The molecule has 1 aliphatic carbocycles. The molecule has 3 fully saturated rings. The first kappa shape index (κ1) is 21.8. The molecule has 3 aliphatic rings. The smallest absolute Gasteiger partial charge is 0.314 e. The highest BCUT2D eigenvalue weighted by Crippen LogP contribution is 2.46. The van der Waals surface area contributed by atoms with Crippen molar-refractivity contribution in [2.24, 2.45) is 11.8 Å². The van der Waals surface area contributed by atoms with E-state index >= 15 is 0 Å². The van der Waals surface area contributed by atoms with Gasteiger partial charge in [-0.05, 0) is 38.2 Å². The summed E-state index contributed by atoms with van der Waals surface area (Å²) in [5.74, 6) is -0.905. The van der Waals surface area contributed by atoms with Crippen LogP contribution in [0.2, 0.25) is 0 Å². The van der Waals surface area contributed by atoms with Gasteiger partial charge in [0, 0.05) is 32.7 Å².